The van der Waals surface area contributed by atoms with E-state index in [0.717, 1.165) is 70.1 Å². The molecule has 3 rings (SSSR count). The summed E-state index contributed by atoms with van der Waals surface area (Å²) in [6.45, 7) is 9.88. The van der Waals surface area contributed by atoms with E-state index < -0.39 is 5.60 Å². The molecule has 1 unspecified atom stereocenters. The van der Waals surface area contributed by atoms with Crippen LogP contribution in [0.25, 0.3) is 0 Å². The van der Waals surface area contributed by atoms with Gasteiger partial charge in [0.05, 0.1) is 0 Å². The number of carbonyl (C=O) groups is 1. The maximum absolute atomic E-state index is 12.4. The number of benzene rings is 1. The minimum atomic E-state index is -0.458. The second-order valence-corrected chi connectivity index (χ2v) is 9.48. The SMILES string of the molecule is CN=C(NCC1CCCN(C(=O)OC(C)(C)C)C1)N1CCC(Oc2ccccc2)CC1.I. The van der Waals surface area contributed by atoms with E-state index in [9.17, 15) is 4.79 Å². The van der Waals surface area contributed by atoms with Crippen molar-refractivity contribution < 1.29 is 14.3 Å². The van der Waals surface area contributed by atoms with Crippen LogP contribution in [0.5, 0.6) is 5.75 Å². The fourth-order valence-corrected chi connectivity index (χ4v) is 4.17. The van der Waals surface area contributed by atoms with Crippen LogP contribution in [0.15, 0.2) is 35.3 Å². The highest BCUT2D eigenvalue weighted by atomic mass is 127. The Morgan fingerprint density at radius 1 is 1.09 bits per heavy atom. The van der Waals surface area contributed by atoms with Crippen molar-refractivity contribution in [2.45, 2.75) is 58.2 Å². The predicted octanol–water partition coefficient (Wildman–Crippen LogP) is 4.37. The van der Waals surface area contributed by atoms with Crippen molar-refractivity contribution in [3.05, 3.63) is 30.3 Å². The van der Waals surface area contributed by atoms with E-state index in [1.54, 1.807) is 0 Å². The summed E-state index contributed by atoms with van der Waals surface area (Å²) in [6.07, 6.45) is 4.11. The normalized spacial score (nSPS) is 20.4. The molecule has 2 aliphatic heterocycles. The summed E-state index contributed by atoms with van der Waals surface area (Å²) in [5.74, 6) is 2.28. The van der Waals surface area contributed by atoms with Gasteiger partial charge in [0, 0.05) is 52.6 Å². The molecular formula is C24H39IN4O3. The number of amides is 1. The number of guanidine groups is 1. The molecule has 1 N–H and O–H groups in total. The second kappa shape index (κ2) is 12.5. The molecule has 7 nitrogen and oxygen atoms in total. The number of piperidine rings is 2. The quantitative estimate of drug-likeness (QED) is 0.338. The first-order valence-electron chi connectivity index (χ1n) is 11.5. The number of hydrogen-bond donors (Lipinski definition) is 1. The molecule has 0 aliphatic carbocycles. The number of nitrogens with zero attached hydrogens (tertiary/aromatic N) is 3. The maximum Gasteiger partial charge on any atom is 0.410 e. The Bertz CT molecular complexity index is 731. The second-order valence-electron chi connectivity index (χ2n) is 9.48. The standard InChI is InChI=1S/C24H38N4O3.HI/c1-24(2,3)31-23(29)28-14-8-9-19(18-28)17-26-22(25-4)27-15-12-21(13-16-27)30-20-10-6-5-7-11-20;/h5-7,10-11,19,21H,8-9,12-18H2,1-4H3,(H,25,26);1H. The molecule has 0 radical (unpaired) electrons. The zero-order chi connectivity index (χ0) is 22.3. The van der Waals surface area contributed by atoms with E-state index in [-0.39, 0.29) is 36.2 Å². The first-order chi connectivity index (χ1) is 14.8. The van der Waals surface area contributed by atoms with Gasteiger partial charge in [0.15, 0.2) is 5.96 Å². The number of likely N-dealkylation sites (tertiary alicyclic amines) is 2. The molecule has 1 aromatic carbocycles. The first-order valence-corrected chi connectivity index (χ1v) is 11.5. The molecule has 2 heterocycles. The predicted molar refractivity (Wildman–Crippen MR) is 139 cm³/mol. The van der Waals surface area contributed by atoms with Crippen LogP contribution >= 0.6 is 24.0 Å². The summed E-state index contributed by atoms with van der Waals surface area (Å²) in [7, 11) is 1.84. The van der Waals surface area contributed by atoms with Crippen molar-refractivity contribution in [3.8, 4) is 5.75 Å². The third-order valence-corrected chi connectivity index (χ3v) is 5.72. The number of nitrogens with one attached hydrogen (secondary N) is 1. The van der Waals surface area contributed by atoms with Crippen LogP contribution in [0, 0.1) is 5.92 Å². The van der Waals surface area contributed by atoms with Gasteiger partial charge in [-0.1, -0.05) is 18.2 Å². The molecule has 2 saturated heterocycles. The lowest BCUT2D eigenvalue weighted by Gasteiger charge is -2.36. The van der Waals surface area contributed by atoms with Gasteiger partial charge in [-0.3, -0.25) is 4.99 Å². The summed E-state index contributed by atoms with van der Waals surface area (Å²) in [6, 6.07) is 10.0. The van der Waals surface area contributed by atoms with Crippen molar-refractivity contribution >= 4 is 36.0 Å². The third kappa shape index (κ3) is 8.33. The zero-order valence-electron chi connectivity index (χ0n) is 19.9. The largest absolute Gasteiger partial charge is 0.490 e. The number of halogens is 1. The smallest absolute Gasteiger partial charge is 0.410 e. The average Bonchev–Trinajstić information content (AvgIpc) is 2.75. The average molecular weight is 559 g/mol. The molecule has 8 heteroatoms. The summed E-state index contributed by atoms with van der Waals surface area (Å²) in [5.41, 5.74) is -0.458. The Hall–Kier alpha value is -1.71. The maximum atomic E-state index is 12.4. The number of rotatable bonds is 4. The van der Waals surface area contributed by atoms with Gasteiger partial charge in [-0.25, -0.2) is 4.79 Å². The van der Waals surface area contributed by atoms with E-state index in [1.807, 2.05) is 63.1 Å². The van der Waals surface area contributed by atoms with E-state index in [0.29, 0.717) is 5.92 Å². The van der Waals surface area contributed by atoms with Crippen molar-refractivity contribution in [1.29, 1.82) is 0 Å². The minimum Gasteiger partial charge on any atom is -0.490 e. The lowest BCUT2D eigenvalue weighted by Crippen LogP contribution is -2.50. The zero-order valence-corrected chi connectivity index (χ0v) is 22.2. The minimum absolute atomic E-state index is 0. The lowest BCUT2D eigenvalue weighted by molar-refractivity contribution is 0.0168. The van der Waals surface area contributed by atoms with Gasteiger partial charge in [0.25, 0.3) is 0 Å². The Balaban J connectivity index is 0.00000363. The van der Waals surface area contributed by atoms with Crippen molar-refractivity contribution in [3.63, 3.8) is 0 Å². The molecule has 0 spiro atoms. The van der Waals surface area contributed by atoms with Crippen molar-refractivity contribution in [1.82, 2.24) is 15.1 Å². The molecule has 0 saturated carbocycles. The number of ether oxygens (including phenoxy) is 2. The molecule has 2 aliphatic rings. The van der Waals surface area contributed by atoms with Gasteiger partial charge < -0.3 is 24.6 Å². The molecule has 32 heavy (non-hydrogen) atoms. The van der Waals surface area contributed by atoms with Gasteiger partial charge in [0.2, 0.25) is 0 Å². The Morgan fingerprint density at radius 3 is 2.41 bits per heavy atom. The fourth-order valence-electron chi connectivity index (χ4n) is 4.17. The number of carbonyl (C=O) groups excluding carboxylic acids is 1. The van der Waals surface area contributed by atoms with Gasteiger partial charge in [-0.2, -0.15) is 0 Å². The first kappa shape index (κ1) is 26.5. The monoisotopic (exact) mass is 558 g/mol. The van der Waals surface area contributed by atoms with Crippen LogP contribution in [0.2, 0.25) is 0 Å². The fraction of sp³-hybridized carbons (Fsp3) is 0.667. The summed E-state index contributed by atoms with van der Waals surface area (Å²) >= 11 is 0. The highest BCUT2D eigenvalue weighted by Crippen LogP contribution is 2.20. The lowest BCUT2D eigenvalue weighted by atomic mass is 9.98. The highest BCUT2D eigenvalue weighted by Gasteiger charge is 2.28. The Morgan fingerprint density at radius 2 is 1.78 bits per heavy atom. The topological polar surface area (TPSA) is 66.4 Å². The number of aliphatic imine (C=N–C) groups is 1. The molecule has 1 amide bonds. The van der Waals surface area contributed by atoms with Crippen LogP contribution in [-0.4, -0.2) is 73.3 Å². The summed E-state index contributed by atoms with van der Waals surface area (Å²) < 4.78 is 11.6. The van der Waals surface area contributed by atoms with E-state index >= 15 is 0 Å². The highest BCUT2D eigenvalue weighted by molar-refractivity contribution is 14.0. The van der Waals surface area contributed by atoms with Gasteiger partial charge in [0.1, 0.15) is 17.5 Å². The van der Waals surface area contributed by atoms with Gasteiger partial charge in [-0.15, -0.1) is 24.0 Å². The number of hydrogen-bond acceptors (Lipinski definition) is 4. The Labute approximate surface area is 209 Å². The van der Waals surface area contributed by atoms with Gasteiger partial charge in [-0.05, 0) is 51.7 Å². The van der Waals surface area contributed by atoms with Crippen LogP contribution in [0.4, 0.5) is 4.79 Å². The summed E-state index contributed by atoms with van der Waals surface area (Å²) in [4.78, 5) is 21.0. The van der Waals surface area contributed by atoms with E-state index in [2.05, 4.69) is 15.2 Å². The molecular weight excluding hydrogens is 519 g/mol. The molecule has 1 atom stereocenters. The van der Waals surface area contributed by atoms with Gasteiger partial charge >= 0.3 is 6.09 Å². The Kier molecular flexibility index (Phi) is 10.4. The van der Waals surface area contributed by atoms with Crippen LogP contribution in [0.1, 0.15) is 46.5 Å². The molecule has 1 aromatic rings. The number of para-hydroxylation sites is 1. The third-order valence-electron chi connectivity index (χ3n) is 5.72. The molecule has 2 fully saturated rings. The molecule has 0 bridgehead atoms. The van der Waals surface area contributed by atoms with Crippen molar-refractivity contribution in [2.24, 2.45) is 10.9 Å². The van der Waals surface area contributed by atoms with Crippen LogP contribution < -0.4 is 10.1 Å². The molecule has 0 aromatic heterocycles. The van der Waals surface area contributed by atoms with E-state index in [1.165, 1.54) is 0 Å². The molecule has 180 valence electrons. The van der Waals surface area contributed by atoms with E-state index in [4.69, 9.17) is 9.47 Å². The van der Waals surface area contributed by atoms with Crippen molar-refractivity contribution in [2.75, 3.05) is 39.8 Å². The van der Waals surface area contributed by atoms with Crippen LogP contribution in [0.3, 0.4) is 0 Å². The summed E-state index contributed by atoms with van der Waals surface area (Å²) in [5, 5.41) is 3.54. The van der Waals surface area contributed by atoms with Crippen LogP contribution in [-0.2, 0) is 4.74 Å².